The number of amides is 1. The summed E-state index contributed by atoms with van der Waals surface area (Å²) in [6.45, 7) is 4.26. The van der Waals surface area contributed by atoms with E-state index in [1.54, 1.807) is 4.90 Å². The summed E-state index contributed by atoms with van der Waals surface area (Å²) in [5.74, 6) is -1.13. The molecule has 0 aliphatic heterocycles. The number of hydrogen-bond donors (Lipinski definition) is 2. The second kappa shape index (κ2) is 7.23. The number of nitrogens with zero attached hydrogens (tertiary/aromatic N) is 1. The lowest BCUT2D eigenvalue weighted by Crippen LogP contribution is -2.38. The van der Waals surface area contributed by atoms with Crippen molar-refractivity contribution in [2.24, 2.45) is 0 Å². The zero-order valence-corrected chi connectivity index (χ0v) is 9.27. The second-order valence-corrected chi connectivity index (χ2v) is 3.65. The molecule has 0 aromatic rings. The molecule has 0 atom stereocenters. The highest BCUT2D eigenvalue weighted by Crippen LogP contribution is 2.04. The van der Waals surface area contributed by atoms with Gasteiger partial charge in [0, 0.05) is 25.6 Å². The number of rotatable bonds is 7. The third-order valence-electron chi connectivity index (χ3n) is 2.05. The minimum Gasteiger partial charge on any atom is -0.481 e. The summed E-state index contributed by atoms with van der Waals surface area (Å²) in [7, 11) is 0. The number of aliphatic hydroxyl groups is 1. The number of carbonyl (C=O) groups is 2. The molecule has 0 heterocycles. The minimum atomic E-state index is -0.964. The van der Waals surface area contributed by atoms with Crippen LogP contribution in [0.1, 0.15) is 33.1 Å². The maximum absolute atomic E-state index is 11.6. The predicted molar refractivity (Wildman–Crippen MR) is 55.4 cm³/mol. The van der Waals surface area contributed by atoms with E-state index < -0.39 is 5.97 Å². The highest BCUT2D eigenvalue weighted by Gasteiger charge is 2.16. The normalized spacial score (nSPS) is 10.4. The molecule has 0 aliphatic carbocycles. The van der Waals surface area contributed by atoms with Crippen LogP contribution in [-0.4, -0.2) is 46.2 Å². The molecule has 15 heavy (non-hydrogen) atoms. The number of aliphatic carboxylic acids is 1. The lowest BCUT2D eigenvalue weighted by atomic mass is 10.2. The van der Waals surface area contributed by atoms with Crippen molar-refractivity contribution >= 4 is 11.9 Å². The minimum absolute atomic E-state index is 0.0267. The highest BCUT2D eigenvalue weighted by molar-refractivity contribution is 5.80. The van der Waals surface area contributed by atoms with Crippen molar-refractivity contribution in [3.05, 3.63) is 0 Å². The molecule has 1 amide bonds. The molecule has 0 aliphatic rings. The Morgan fingerprint density at radius 1 is 1.27 bits per heavy atom. The third kappa shape index (κ3) is 6.06. The fourth-order valence-corrected chi connectivity index (χ4v) is 1.27. The van der Waals surface area contributed by atoms with E-state index in [1.165, 1.54) is 0 Å². The SMILES string of the molecule is CC(C)N(CCCO)C(=O)CCC(=O)O. The average molecular weight is 217 g/mol. The van der Waals surface area contributed by atoms with Crippen LogP contribution in [0.3, 0.4) is 0 Å². The highest BCUT2D eigenvalue weighted by atomic mass is 16.4. The van der Waals surface area contributed by atoms with Gasteiger partial charge in [-0.15, -0.1) is 0 Å². The molecule has 5 heteroatoms. The standard InChI is InChI=1S/C10H19NO4/c1-8(2)11(6-3-7-12)9(13)4-5-10(14)15/h8,12H,3-7H2,1-2H3,(H,14,15). The molecule has 0 rings (SSSR count). The van der Waals surface area contributed by atoms with E-state index in [2.05, 4.69) is 0 Å². The molecular formula is C10H19NO4. The van der Waals surface area contributed by atoms with E-state index in [1.807, 2.05) is 13.8 Å². The number of carbonyl (C=O) groups excluding carboxylic acids is 1. The van der Waals surface area contributed by atoms with Crippen LogP contribution in [0.15, 0.2) is 0 Å². The van der Waals surface area contributed by atoms with Crippen molar-refractivity contribution in [1.29, 1.82) is 0 Å². The van der Waals surface area contributed by atoms with Crippen LogP contribution in [0.25, 0.3) is 0 Å². The summed E-state index contributed by atoms with van der Waals surface area (Å²) < 4.78 is 0. The Balaban J connectivity index is 4.10. The van der Waals surface area contributed by atoms with Gasteiger partial charge < -0.3 is 15.1 Å². The molecule has 0 saturated carbocycles. The molecule has 88 valence electrons. The van der Waals surface area contributed by atoms with Crippen LogP contribution in [-0.2, 0) is 9.59 Å². The fraction of sp³-hybridized carbons (Fsp3) is 0.800. The van der Waals surface area contributed by atoms with Gasteiger partial charge in [0.2, 0.25) is 5.91 Å². The van der Waals surface area contributed by atoms with Crippen molar-refractivity contribution in [1.82, 2.24) is 4.90 Å². The quantitative estimate of drug-likeness (QED) is 0.650. The molecule has 0 fully saturated rings. The summed E-state index contributed by atoms with van der Waals surface area (Å²) in [4.78, 5) is 23.5. The van der Waals surface area contributed by atoms with E-state index in [-0.39, 0.29) is 31.4 Å². The van der Waals surface area contributed by atoms with E-state index in [0.29, 0.717) is 13.0 Å². The Hall–Kier alpha value is -1.10. The average Bonchev–Trinajstić information content (AvgIpc) is 2.14. The summed E-state index contributed by atoms with van der Waals surface area (Å²) in [6.07, 6.45) is 0.414. The van der Waals surface area contributed by atoms with E-state index in [4.69, 9.17) is 10.2 Å². The van der Waals surface area contributed by atoms with Gasteiger partial charge in [0.25, 0.3) is 0 Å². The van der Waals surface area contributed by atoms with Gasteiger partial charge in [0.1, 0.15) is 0 Å². The zero-order valence-electron chi connectivity index (χ0n) is 9.27. The van der Waals surface area contributed by atoms with E-state index in [0.717, 1.165) is 0 Å². The zero-order chi connectivity index (χ0) is 11.8. The molecule has 0 radical (unpaired) electrons. The number of carboxylic acid groups (broad SMARTS) is 1. The first-order chi connectivity index (χ1) is 6.99. The van der Waals surface area contributed by atoms with Crippen molar-refractivity contribution in [2.75, 3.05) is 13.2 Å². The lowest BCUT2D eigenvalue weighted by Gasteiger charge is -2.26. The van der Waals surface area contributed by atoms with Crippen LogP contribution in [0, 0.1) is 0 Å². The largest absolute Gasteiger partial charge is 0.481 e. The first-order valence-corrected chi connectivity index (χ1v) is 5.11. The Bertz CT molecular complexity index is 215. The molecule has 0 aromatic heterocycles. The monoisotopic (exact) mass is 217 g/mol. The number of hydrogen-bond acceptors (Lipinski definition) is 3. The van der Waals surface area contributed by atoms with Crippen LogP contribution in [0.4, 0.5) is 0 Å². The molecule has 0 unspecified atom stereocenters. The molecule has 0 spiro atoms. The maximum Gasteiger partial charge on any atom is 0.303 e. The van der Waals surface area contributed by atoms with Crippen molar-refractivity contribution < 1.29 is 19.8 Å². The van der Waals surface area contributed by atoms with Gasteiger partial charge in [-0.3, -0.25) is 9.59 Å². The van der Waals surface area contributed by atoms with Crippen molar-refractivity contribution in [2.45, 2.75) is 39.2 Å². The van der Waals surface area contributed by atoms with Crippen LogP contribution >= 0.6 is 0 Å². The van der Waals surface area contributed by atoms with Crippen molar-refractivity contribution in [3.8, 4) is 0 Å². The molecule has 0 saturated heterocycles. The third-order valence-corrected chi connectivity index (χ3v) is 2.05. The molecule has 0 bridgehead atoms. The molecule has 0 aromatic carbocycles. The summed E-state index contributed by atoms with van der Waals surface area (Å²) in [5, 5.41) is 17.1. The van der Waals surface area contributed by atoms with Gasteiger partial charge in [-0.1, -0.05) is 0 Å². The molecule has 5 nitrogen and oxygen atoms in total. The Kier molecular flexibility index (Phi) is 6.70. The van der Waals surface area contributed by atoms with Gasteiger partial charge >= 0.3 is 5.97 Å². The predicted octanol–water partition coefficient (Wildman–Crippen LogP) is 0.471. The maximum atomic E-state index is 11.6. The lowest BCUT2D eigenvalue weighted by molar-refractivity contribution is -0.141. The van der Waals surface area contributed by atoms with Gasteiger partial charge in [0.05, 0.1) is 6.42 Å². The summed E-state index contributed by atoms with van der Waals surface area (Å²) >= 11 is 0. The van der Waals surface area contributed by atoms with E-state index >= 15 is 0 Å². The summed E-state index contributed by atoms with van der Waals surface area (Å²) in [6, 6.07) is 0.0397. The summed E-state index contributed by atoms with van der Waals surface area (Å²) in [5.41, 5.74) is 0. The van der Waals surface area contributed by atoms with Crippen LogP contribution in [0.5, 0.6) is 0 Å². The van der Waals surface area contributed by atoms with Crippen molar-refractivity contribution in [3.63, 3.8) is 0 Å². The van der Waals surface area contributed by atoms with Gasteiger partial charge in [-0.05, 0) is 20.3 Å². The first kappa shape index (κ1) is 13.9. The second-order valence-electron chi connectivity index (χ2n) is 3.65. The Labute approximate surface area is 89.7 Å². The number of aliphatic hydroxyl groups excluding tert-OH is 1. The first-order valence-electron chi connectivity index (χ1n) is 5.11. The van der Waals surface area contributed by atoms with Gasteiger partial charge in [-0.2, -0.15) is 0 Å². The van der Waals surface area contributed by atoms with Crippen LogP contribution in [0.2, 0.25) is 0 Å². The molecule has 2 N–H and O–H groups in total. The van der Waals surface area contributed by atoms with Crippen LogP contribution < -0.4 is 0 Å². The van der Waals surface area contributed by atoms with E-state index in [9.17, 15) is 9.59 Å². The topological polar surface area (TPSA) is 77.8 Å². The van der Waals surface area contributed by atoms with Gasteiger partial charge in [-0.25, -0.2) is 0 Å². The fourth-order valence-electron chi connectivity index (χ4n) is 1.27. The number of carboxylic acids is 1. The Morgan fingerprint density at radius 3 is 2.27 bits per heavy atom. The Morgan fingerprint density at radius 2 is 1.87 bits per heavy atom. The molecular weight excluding hydrogens is 198 g/mol. The van der Waals surface area contributed by atoms with Gasteiger partial charge in [0.15, 0.2) is 0 Å². The smallest absolute Gasteiger partial charge is 0.303 e.